The fourth-order valence-corrected chi connectivity index (χ4v) is 0.551. The Hall–Kier alpha value is -0.490. The molecule has 7 heteroatoms. The van der Waals surface area contributed by atoms with Crippen molar-refractivity contribution in [3.05, 3.63) is 6.43 Å². The molecule has 0 heterocycles. The van der Waals surface area contributed by atoms with Crippen molar-refractivity contribution in [1.82, 2.24) is 0 Å². The van der Waals surface area contributed by atoms with Crippen LogP contribution >= 0.6 is 0 Å². The Balaban J connectivity index is 4.04. The SMILES string of the molecule is F[C](F)CC(F)(F)CC(F)(F)F. The lowest BCUT2D eigenvalue weighted by Gasteiger charge is -2.16. The number of hydrogen-bond acceptors (Lipinski definition) is 0. The first-order chi connectivity index (χ1) is 5.12. The van der Waals surface area contributed by atoms with Gasteiger partial charge in [-0.15, -0.1) is 0 Å². The predicted octanol–water partition coefficient (Wildman–Crippen LogP) is 3.39. The van der Waals surface area contributed by atoms with Gasteiger partial charge in [-0.3, -0.25) is 0 Å². The highest BCUT2D eigenvalue weighted by Crippen LogP contribution is 2.36. The molecule has 0 N–H and O–H groups in total. The van der Waals surface area contributed by atoms with Crippen molar-refractivity contribution in [1.29, 1.82) is 0 Å². The van der Waals surface area contributed by atoms with Crippen LogP contribution in [0.5, 0.6) is 0 Å². The highest BCUT2D eigenvalue weighted by Gasteiger charge is 2.45. The van der Waals surface area contributed by atoms with E-state index in [9.17, 15) is 30.7 Å². The van der Waals surface area contributed by atoms with E-state index in [-0.39, 0.29) is 0 Å². The number of alkyl halides is 5. The minimum Gasteiger partial charge on any atom is -0.206 e. The molecule has 0 aromatic carbocycles. The van der Waals surface area contributed by atoms with Crippen molar-refractivity contribution in [3.63, 3.8) is 0 Å². The van der Waals surface area contributed by atoms with Gasteiger partial charge in [0, 0.05) is 0 Å². The molecule has 0 aliphatic heterocycles. The van der Waals surface area contributed by atoms with E-state index in [0.717, 1.165) is 0 Å². The van der Waals surface area contributed by atoms with E-state index in [1.165, 1.54) is 0 Å². The van der Waals surface area contributed by atoms with Gasteiger partial charge in [-0.05, 0) is 0 Å². The lowest BCUT2D eigenvalue weighted by atomic mass is 10.2. The summed E-state index contributed by atoms with van der Waals surface area (Å²) in [4.78, 5) is 0. The summed E-state index contributed by atoms with van der Waals surface area (Å²) < 4.78 is 80.1. The average molecular weight is 197 g/mol. The zero-order valence-electron chi connectivity index (χ0n) is 5.56. The summed E-state index contributed by atoms with van der Waals surface area (Å²) >= 11 is 0. The third-order valence-electron chi connectivity index (χ3n) is 0.851. The number of halogens is 7. The quantitative estimate of drug-likeness (QED) is 0.608. The smallest absolute Gasteiger partial charge is 0.206 e. The van der Waals surface area contributed by atoms with Crippen molar-refractivity contribution >= 4 is 0 Å². The van der Waals surface area contributed by atoms with E-state index < -0.39 is 31.4 Å². The van der Waals surface area contributed by atoms with Crippen LogP contribution in [0, 0.1) is 6.43 Å². The van der Waals surface area contributed by atoms with Gasteiger partial charge in [-0.1, -0.05) is 0 Å². The van der Waals surface area contributed by atoms with Crippen molar-refractivity contribution in [3.8, 4) is 0 Å². The maximum Gasteiger partial charge on any atom is 0.394 e. The van der Waals surface area contributed by atoms with Crippen LogP contribution in [0.15, 0.2) is 0 Å². The summed E-state index contributed by atoms with van der Waals surface area (Å²) in [6.07, 6.45) is -12.5. The summed E-state index contributed by atoms with van der Waals surface area (Å²) in [5.74, 6) is -4.41. The van der Waals surface area contributed by atoms with Crippen molar-refractivity contribution in [2.75, 3.05) is 0 Å². The third-order valence-corrected chi connectivity index (χ3v) is 0.851. The fraction of sp³-hybridized carbons (Fsp3) is 0.800. The van der Waals surface area contributed by atoms with E-state index in [0.29, 0.717) is 0 Å². The van der Waals surface area contributed by atoms with Gasteiger partial charge in [0.05, 0.1) is 6.42 Å². The van der Waals surface area contributed by atoms with Gasteiger partial charge in [-0.25, -0.2) is 8.78 Å². The fourth-order valence-electron chi connectivity index (χ4n) is 0.551. The Kier molecular flexibility index (Phi) is 3.34. The first-order valence-electron chi connectivity index (χ1n) is 2.74. The Morgan fingerprint density at radius 1 is 0.917 bits per heavy atom. The molecule has 73 valence electrons. The molecule has 0 aliphatic carbocycles. The van der Waals surface area contributed by atoms with E-state index >= 15 is 0 Å². The highest BCUT2D eigenvalue weighted by atomic mass is 19.4. The molecule has 0 bridgehead atoms. The molecule has 0 aliphatic rings. The Labute approximate surface area is 63.4 Å². The van der Waals surface area contributed by atoms with Crippen molar-refractivity contribution in [2.24, 2.45) is 0 Å². The molecule has 0 spiro atoms. The molecule has 0 amide bonds. The first kappa shape index (κ1) is 11.5. The number of rotatable bonds is 3. The molecule has 0 aromatic heterocycles. The molecule has 0 saturated heterocycles. The zero-order valence-corrected chi connectivity index (χ0v) is 5.56. The van der Waals surface area contributed by atoms with Crippen LogP contribution in [0.3, 0.4) is 0 Å². The van der Waals surface area contributed by atoms with E-state index in [2.05, 4.69) is 0 Å². The van der Waals surface area contributed by atoms with E-state index in [4.69, 9.17) is 0 Å². The minimum absolute atomic E-state index is 2.13. The van der Waals surface area contributed by atoms with Gasteiger partial charge in [0.15, 0.2) is 0 Å². The summed E-state index contributed by atoms with van der Waals surface area (Å²) in [7, 11) is 0. The van der Waals surface area contributed by atoms with Gasteiger partial charge in [0.2, 0.25) is 0 Å². The molecular formula is C5H4F7. The van der Waals surface area contributed by atoms with Crippen LogP contribution in [0.4, 0.5) is 30.7 Å². The second kappa shape index (κ2) is 3.49. The largest absolute Gasteiger partial charge is 0.394 e. The standard InChI is InChI=1S/C5H4F7/c6-3(7)1-4(8,9)2-5(10,11)12/h1-2H2. The Bertz CT molecular complexity index is 135. The van der Waals surface area contributed by atoms with E-state index in [1.807, 2.05) is 0 Å². The van der Waals surface area contributed by atoms with Gasteiger partial charge >= 0.3 is 12.6 Å². The Morgan fingerprint density at radius 2 is 1.33 bits per heavy atom. The molecule has 0 nitrogen and oxygen atoms in total. The third kappa shape index (κ3) is 6.23. The Morgan fingerprint density at radius 3 is 1.58 bits per heavy atom. The van der Waals surface area contributed by atoms with Gasteiger partial charge in [0.25, 0.3) is 5.92 Å². The maximum atomic E-state index is 11.9. The van der Waals surface area contributed by atoms with E-state index in [1.54, 1.807) is 0 Å². The maximum absolute atomic E-state index is 11.9. The van der Waals surface area contributed by atoms with Crippen LogP contribution in [0.2, 0.25) is 0 Å². The van der Waals surface area contributed by atoms with Crippen molar-refractivity contribution < 1.29 is 30.7 Å². The average Bonchev–Trinajstić information content (AvgIpc) is 1.48. The molecular weight excluding hydrogens is 193 g/mol. The molecule has 0 rings (SSSR count). The van der Waals surface area contributed by atoms with Crippen molar-refractivity contribution in [2.45, 2.75) is 24.9 Å². The number of hydrogen-bond donors (Lipinski definition) is 0. The second-order valence-corrected chi connectivity index (χ2v) is 2.16. The van der Waals surface area contributed by atoms with Gasteiger partial charge < -0.3 is 0 Å². The molecule has 0 saturated carbocycles. The summed E-state index contributed by atoms with van der Waals surface area (Å²) in [6.45, 7) is 0. The molecule has 0 atom stereocenters. The predicted molar refractivity (Wildman–Crippen MR) is 25.7 cm³/mol. The van der Waals surface area contributed by atoms with Gasteiger partial charge in [-0.2, -0.15) is 22.0 Å². The summed E-state index contributed by atoms with van der Waals surface area (Å²) in [5, 5.41) is 0. The summed E-state index contributed by atoms with van der Waals surface area (Å²) in [5.41, 5.74) is 0. The topological polar surface area (TPSA) is 0 Å². The monoisotopic (exact) mass is 197 g/mol. The molecule has 1 radical (unpaired) electrons. The van der Waals surface area contributed by atoms with Gasteiger partial charge in [0.1, 0.15) is 6.42 Å². The molecule has 0 aromatic rings. The summed E-state index contributed by atoms with van der Waals surface area (Å²) in [6, 6.07) is 0. The lowest BCUT2D eigenvalue weighted by molar-refractivity contribution is -0.191. The first-order valence-corrected chi connectivity index (χ1v) is 2.74. The van der Waals surface area contributed by atoms with Crippen LogP contribution < -0.4 is 0 Å². The molecule has 12 heavy (non-hydrogen) atoms. The lowest BCUT2D eigenvalue weighted by Crippen LogP contribution is -2.26. The highest BCUT2D eigenvalue weighted by molar-refractivity contribution is 4.78. The van der Waals surface area contributed by atoms with Crippen LogP contribution in [0.1, 0.15) is 12.8 Å². The van der Waals surface area contributed by atoms with Crippen LogP contribution in [-0.4, -0.2) is 12.1 Å². The van der Waals surface area contributed by atoms with Crippen LogP contribution in [0.25, 0.3) is 0 Å². The molecule has 0 unspecified atom stereocenters. The zero-order chi connectivity index (χ0) is 9.99. The normalized spacial score (nSPS) is 14.0. The molecule has 0 fully saturated rings. The second-order valence-electron chi connectivity index (χ2n) is 2.16. The van der Waals surface area contributed by atoms with Crippen LogP contribution in [-0.2, 0) is 0 Å². The minimum atomic E-state index is -5.13.